The van der Waals surface area contributed by atoms with Gasteiger partial charge in [0, 0.05) is 12.6 Å². The monoisotopic (exact) mass is 271 g/mol. The van der Waals surface area contributed by atoms with Crippen LogP contribution in [0.15, 0.2) is 30.3 Å². The fourth-order valence-electron chi connectivity index (χ4n) is 2.62. The van der Waals surface area contributed by atoms with Crippen molar-refractivity contribution < 1.29 is 0 Å². The SMILES string of the molecule is CCN(CC)CCC(C#N)(NC1CC1)c1ccccc1. The second kappa shape index (κ2) is 6.88. The maximum atomic E-state index is 9.83. The minimum atomic E-state index is -0.537. The van der Waals surface area contributed by atoms with E-state index < -0.39 is 5.54 Å². The fraction of sp³-hybridized carbons (Fsp3) is 0.588. The molecule has 0 spiro atoms. The number of nitriles is 1. The molecule has 108 valence electrons. The first kappa shape index (κ1) is 15.0. The first-order chi connectivity index (χ1) is 9.74. The van der Waals surface area contributed by atoms with Crippen molar-refractivity contribution in [1.82, 2.24) is 10.2 Å². The van der Waals surface area contributed by atoms with Crippen LogP contribution >= 0.6 is 0 Å². The van der Waals surface area contributed by atoms with Gasteiger partial charge in [0.2, 0.25) is 0 Å². The molecule has 1 aliphatic carbocycles. The van der Waals surface area contributed by atoms with E-state index in [1.165, 1.54) is 12.8 Å². The van der Waals surface area contributed by atoms with Gasteiger partial charge in [-0.25, -0.2) is 0 Å². The van der Waals surface area contributed by atoms with Crippen molar-refractivity contribution in [2.75, 3.05) is 19.6 Å². The topological polar surface area (TPSA) is 39.1 Å². The Hall–Kier alpha value is -1.37. The van der Waals surface area contributed by atoms with E-state index in [-0.39, 0.29) is 0 Å². The van der Waals surface area contributed by atoms with Crippen LogP contribution < -0.4 is 5.32 Å². The Morgan fingerprint density at radius 2 is 1.90 bits per heavy atom. The van der Waals surface area contributed by atoms with Gasteiger partial charge in [-0.1, -0.05) is 44.2 Å². The van der Waals surface area contributed by atoms with Gasteiger partial charge in [-0.15, -0.1) is 0 Å². The largest absolute Gasteiger partial charge is 0.304 e. The molecule has 1 aliphatic rings. The molecular weight excluding hydrogens is 246 g/mol. The highest BCUT2D eigenvalue weighted by molar-refractivity contribution is 5.32. The van der Waals surface area contributed by atoms with E-state index in [1.54, 1.807) is 0 Å². The van der Waals surface area contributed by atoms with Gasteiger partial charge < -0.3 is 4.90 Å². The summed E-state index contributed by atoms with van der Waals surface area (Å²) in [5.41, 5.74) is 0.562. The van der Waals surface area contributed by atoms with Gasteiger partial charge >= 0.3 is 0 Å². The highest BCUT2D eigenvalue weighted by Gasteiger charge is 2.37. The Bertz CT molecular complexity index is 443. The molecule has 1 atom stereocenters. The molecule has 0 amide bonds. The third kappa shape index (κ3) is 3.59. The van der Waals surface area contributed by atoms with Gasteiger partial charge in [-0.2, -0.15) is 5.26 Å². The van der Waals surface area contributed by atoms with E-state index in [0.717, 1.165) is 31.6 Å². The molecule has 0 aromatic heterocycles. The van der Waals surface area contributed by atoms with Crippen LogP contribution in [0, 0.1) is 11.3 Å². The van der Waals surface area contributed by atoms with Crippen LogP contribution in [0.25, 0.3) is 0 Å². The first-order valence-electron chi connectivity index (χ1n) is 7.71. The standard InChI is InChI=1S/C17H25N3/c1-3-20(4-2)13-12-17(14-18,19-16-10-11-16)15-8-6-5-7-9-15/h5-9,16,19H,3-4,10-13H2,1-2H3. The minimum Gasteiger partial charge on any atom is -0.304 e. The fourth-order valence-corrected chi connectivity index (χ4v) is 2.62. The van der Waals surface area contributed by atoms with Gasteiger partial charge in [0.05, 0.1) is 6.07 Å². The molecule has 0 saturated heterocycles. The van der Waals surface area contributed by atoms with Gasteiger partial charge in [-0.3, -0.25) is 5.32 Å². The summed E-state index contributed by atoms with van der Waals surface area (Å²) in [7, 11) is 0. The molecule has 3 nitrogen and oxygen atoms in total. The van der Waals surface area contributed by atoms with Crippen molar-refractivity contribution in [3.63, 3.8) is 0 Å². The van der Waals surface area contributed by atoms with E-state index in [0.29, 0.717) is 6.04 Å². The second-order valence-corrected chi connectivity index (χ2v) is 5.58. The van der Waals surface area contributed by atoms with Crippen LogP contribution in [-0.2, 0) is 5.54 Å². The van der Waals surface area contributed by atoms with E-state index in [9.17, 15) is 5.26 Å². The van der Waals surface area contributed by atoms with Crippen LogP contribution in [0.1, 0.15) is 38.7 Å². The average Bonchev–Trinajstić information content (AvgIpc) is 3.32. The summed E-state index contributed by atoms with van der Waals surface area (Å²) in [6, 6.07) is 13.3. The molecule has 0 aliphatic heterocycles. The van der Waals surface area contributed by atoms with Crippen molar-refractivity contribution in [3.05, 3.63) is 35.9 Å². The van der Waals surface area contributed by atoms with Gasteiger partial charge in [0.25, 0.3) is 0 Å². The number of nitrogens with zero attached hydrogens (tertiary/aromatic N) is 2. The maximum absolute atomic E-state index is 9.83. The molecule has 3 heteroatoms. The Balaban J connectivity index is 2.16. The average molecular weight is 271 g/mol. The molecule has 0 bridgehead atoms. The van der Waals surface area contributed by atoms with Crippen LogP contribution in [-0.4, -0.2) is 30.6 Å². The Morgan fingerprint density at radius 3 is 2.40 bits per heavy atom. The molecule has 1 fully saturated rings. The van der Waals surface area contributed by atoms with Crippen LogP contribution in [0.3, 0.4) is 0 Å². The van der Waals surface area contributed by atoms with Crippen molar-refractivity contribution in [1.29, 1.82) is 5.26 Å². The lowest BCUT2D eigenvalue weighted by Crippen LogP contribution is -2.45. The lowest BCUT2D eigenvalue weighted by atomic mass is 9.87. The highest BCUT2D eigenvalue weighted by atomic mass is 15.1. The predicted octanol–water partition coefficient (Wildman–Crippen LogP) is 2.89. The zero-order valence-electron chi connectivity index (χ0n) is 12.6. The van der Waals surface area contributed by atoms with E-state index in [1.807, 2.05) is 18.2 Å². The van der Waals surface area contributed by atoms with Crippen molar-refractivity contribution in [2.24, 2.45) is 0 Å². The van der Waals surface area contributed by atoms with Crippen molar-refractivity contribution in [3.8, 4) is 6.07 Å². The van der Waals surface area contributed by atoms with Crippen molar-refractivity contribution >= 4 is 0 Å². The summed E-state index contributed by atoms with van der Waals surface area (Å²) in [5, 5.41) is 13.4. The van der Waals surface area contributed by atoms with Crippen LogP contribution in [0.5, 0.6) is 0 Å². The lowest BCUT2D eigenvalue weighted by Gasteiger charge is -2.31. The zero-order valence-corrected chi connectivity index (χ0v) is 12.6. The first-order valence-corrected chi connectivity index (χ1v) is 7.71. The molecular formula is C17H25N3. The smallest absolute Gasteiger partial charge is 0.133 e. The maximum Gasteiger partial charge on any atom is 0.133 e. The predicted molar refractivity (Wildman–Crippen MR) is 82.3 cm³/mol. The normalized spacial score (nSPS) is 17.7. The van der Waals surface area contributed by atoms with Gasteiger partial charge in [-0.05, 0) is 37.9 Å². The Labute approximate surface area is 122 Å². The van der Waals surface area contributed by atoms with E-state index in [2.05, 4.69) is 42.3 Å². The van der Waals surface area contributed by atoms with Gasteiger partial charge in [0.1, 0.15) is 5.54 Å². The highest BCUT2D eigenvalue weighted by Crippen LogP contribution is 2.31. The minimum absolute atomic E-state index is 0.520. The zero-order chi connectivity index (χ0) is 14.4. The number of hydrogen-bond acceptors (Lipinski definition) is 3. The molecule has 0 heterocycles. The summed E-state index contributed by atoms with van der Waals surface area (Å²) in [4.78, 5) is 2.38. The number of nitrogens with one attached hydrogen (secondary N) is 1. The second-order valence-electron chi connectivity index (χ2n) is 5.58. The molecule has 2 rings (SSSR count). The third-order valence-electron chi connectivity index (χ3n) is 4.18. The van der Waals surface area contributed by atoms with Gasteiger partial charge in [0.15, 0.2) is 0 Å². The molecule has 1 aromatic rings. The molecule has 0 radical (unpaired) electrons. The number of rotatable bonds is 8. The Kier molecular flexibility index (Phi) is 5.17. The number of benzene rings is 1. The van der Waals surface area contributed by atoms with E-state index in [4.69, 9.17) is 0 Å². The molecule has 1 aromatic carbocycles. The molecule has 1 saturated carbocycles. The quantitative estimate of drug-likeness (QED) is 0.790. The summed E-state index contributed by atoms with van der Waals surface area (Å²) in [6.07, 6.45) is 3.23. The van der Waals surface area contributed by atoms with E-state index >= 15 is 0 Å². The molecule has 1 N–H and O–H groups in total. The Morgan fingerprint density at radius 1 is 1.25 bits per heavy atom. The van der Waals surface area contributed by atoms with Crippen LogP contribution in [0.2, 0.25) is 0 Å². The molecule has 20 heavy (non-hydrogen) atoms. The summed E-state index contributed by atoms with van der Waals surface area (Å²) >= 11 is 0. The lowest BCUT2D eigenvalue weighted by molar-refractivity contribution is 0.258. The molecule has 1 unspecified atom stereocenters. The van der Waals surface area contributed by atoms with Crippen LogP contribution in [0.4, 0.5) is 0 Å². The third-order valence-corrected chi connectivity index (χ3v) is 4.18. The summed E-state index contributed by atoms with van der Waals surface area (Å²) in [5.74, 6) is 0. The van der Waals surface area contributed by atoms with Crippen molar-refractivity contribution in [2.45, 2.75) is 44.7 Å². The summed E-state index contributed by atoms with van der Waals surface area (Å²) in [6.45, 7) is 7.38. The summed E-state index contributed by atoms with van der Waals surface area (Å²) < 4.78 is 0. The number of hydrogen-bond donors (Lipinski definition) is 1.